The van der Waals surface area contributed by atoms with E-state index in [-0.39, 0.29) is 0 Å². The molecule has 0 fully saturated rings. The van der Waals surface area contributed by atoms with Crippen molar-refractivity contribution in [2.45, 2.75) is 26.4 Å². The molecular formula is C17H20Cl2N2. The Labute approximate surface area is 136 Å². The molecule has 0 saturated carbocycles. The minimum absolute atomic E-state index is 0.717. The second-order valence-corrected chi connectivity index (χ2v) is 6.04. The fourth-order valence-corrected chi connectivity index (χ4v) is 2.76. The Bertz CT molecular complexity index is 599. The van der Waals surface area contributed by atoms with Crippen LogP contribution >= 0.6 is 23.2 Å². The van der Waals surface area contributed by atoms with E-state index in [1.54, 1.807) is 0 Å². The van der Waals surface area contributed by atoms with Crippen molar-refractivity contribution in [2.75, 3.05) is 12.3 Å². The Morgan fingerprint density at radius 1 is 1.05 bits per heavy atom. The molecule has 0 unspecified atom stereocenters. The highest BCUT2D eigenvalue weighted by Crippen LogP contribution is 2.23. The van der Waals surface area contributed by atoms with Gasteiger partial charge in [-0.15, -0.1) is 0 Å². The molecular weight excluding hydrogens is 303 g/mol. The Kier molecular flexibility index (Phi) is 5.92. The minimum Gasteiger partial charge on any atom is -0.399 e. The van der Waals surface area contributed by atoms with Gasteiger partial charge in [0.15, 0.2) is 0 Å². The molecule has 112 valence electrons. The summed E-state index contributed by atoms with van der Waals surface area (Å²) in [7, 11) is 0. The van der Waals surface area contributed by atoms with Crippen LogP contribution in [0.3, 0.4) is 0 Å². The zero-order valence-electron chi connectivity index (χ0n) is 12.2. The fraction of sp³-hybridized carbons (Fsp3) is 0.294. The molecule has 0 spiro atoms. The van der Waals surface area contributed by atoms with Crippen LogP contribution < -0.4 is 5.73 Å². The third kappa shape index (κ3) is 4.92. The van der Waals surface area contributed by atoms with Gasteiger partial charge in [0.2, 0.25) is 0 Å². The number of benzene rings is 2. The second kappa shape index (κ2) is 7.69. The third-order valence-electron chi connectivity index (χ3n) is 3.30. The summed E-state index contributed by atoms with van der Waals surface area (Å²) in [5, 5.41) is 1.47. The van der Waals surface area contributed by atoms with Crippen molar-refractivity contribution in [2.24, 2.45) is 0 Å². The summed E-state index contributed by atoms with van der Waals surface area (Å²) in [4.78, 5) is 2.35. The molecule has 4 heteroatoms. The number of nitrogen functional groups attached to an aromatic ring is 1. The van der Waals surface area contributed by atoms with Gasteiger partial charge in [0.05, 0.1) is 0 Å². The van der Waals surface area contributed by atoms with Crippen LogP contribution in [0.1, 0.15) is 24.5 Å². The molecule has 0 aliphatic rings. The van der Waals surface area contributed by atoms with Gasteiger partial charge in [-0.1, -0.05) is 42.3 Å². The average molecular weight is 323 g/mol. The Morgan fingerprint density at radius 3 is 2.57 bits per heavy atom. The normalized spacial score (nSPS) is 11.0. The number of rotatable bonds is 6. The van der Waals surface area contributed by atoms with Crippen LogP contribution in [0.25, 0.3) is 0 Å². The van der Waals surface area contributed by atoms with Gasteiger partial charge < -0.3 is 5.73 Å². The molecule has 0 heterocycles. The quantitative estimate of drug-likeness (QED) is 0.759. The number of hydrogen-bond donors (Lipinski definition) is 1. The predicted octanol–water partition coefficient (Wildman–Crippen LogP) is 4.99. The second-order valence-electron chi connectivity index (χ2n) is 5.19. The van der Waals surface area contributed by atoms with Gasteiger partial charge in [0.1, 0.15) is 0 Å². The maximum Gasteiger partial charge on any atom is 0.0452 e. The highest BCUT2D eigenvalue weighted by Gasteiger charge is 2.09. The lowest BCUT2D eigenvalue weighted by molar-refractivity contribution is 0.257. The van der Waals surface area contributed by atoms with Crippen molar-refractivity contribution in [3.63, 3.8) is 0 Å². The lowest BCUT2D eigenvalue weighted by atomic mass is 10.1. The van der Waals surface area contributed by atoms with Gasteiger partial charge in [-0.3, -0.25) is 4.90 Å². The first-order valence-corrected chi connectivity index (χ1v) is 7.84. The molecule has 0 radical (unpaired) electrons. The van der Waals surface area contributed by atoms with Crippen molar-refractivity contribution in [3.05, 3.63) is 63.6 Å². The van der Waals surface area contributed by atoms with E-state index < -0.39 is 0 Å². The molecule has 0 aliphatic carbocycles. The topological polar surface area (TPSA) is 29.3 Å². The van der Waals surface area contributed by atoms with Crippen LogP contribution in [0.2, 0.25) is 10.0 Å². The Balaban J connectivity index is 2.13. The molecule has 0 aliphatic heterocycles. The van der Waals surface area contributed by atoms with Crippen LogP contribution in [0.4, 0.5) is 5.69 Å². The SMILES string of the molecule is CCCN(Cc1cccc(N)c1)Cc1cc(Cl)ccc1Cl. The van der Waals surface area contributed by atoms with Crippen molar-refractivity contribution in [1.29, 1.82) is 0 Å². The smallest absolute Gasteiger partial charge is 0.0452 e. The van der Waals surface area contributed by atoms with E-state index in [9.17, 15) is 0 Å². The van der Waals surface area contributed by atoms with Gasteiger partial charge in [0.25, 0.3) is 0 Å². The summed E-state index contributed by atoms with van der Waals surface area (Å²) in [6.07, 6.45) is 1.08. The van der Waals surface area contributed by atoms with Gasteiger partial charge >= 0.3 is 0 Å². The Hall–Kier alpha value is -1.22. The number of nitrogens with two attached hydrogens (primary N) is 1. The Morgan fingerprint density at radius 2 is 1.86 bits per heavy atom. The maximum atomic E-state index is 6.26. The molecule has 2 nitrogen and oxygen atoms in total. The fourth-order valence-electron chi connectivity index (χ4n) is 2.39. The number of nitrogens with zero attached hydrogens (tertiary/aromatic N) is 1. The molecule has 0 aromatic heterocycles. The lowest BCUT2D eigenvalue weighted by Crippen LogP contribution is -2.23. The monoisotopic (exact) mass is 322 g/mol. The van der Waals surface area contributed by atoms with Crippen molar-refractivity contribution < 1.29 is 0 Å². The van der Waals surface area contributed by atoms with E-state index in [1.165, 1.54) is 5.56 Å². The first kappa shape index (κ1) is 16.2. The number of anilines is 1. The van der Waals surface area contributed by atoms with E-state index in [4.69, 9.17) is 28.9 Å². The van der Waals surface area contributed by atoms with Crippen LogP contribution in [0.5, 0.6) is 0 Å². The summed E-state index contributed by atoms with van der Waals surface area (Å²) in [5.41, 5.74) is 8.91. The molecule has 21 heavy (non-hydrogen) atoms. The summed E-state index contributed by atoms with van der Waals surface area (Å²) < 4.78 is 0. The van der Waals surface area contributed by atoms with E-state index in [0.717, 1.165) is 47.4 Å². The molecule has 2 rings (SSSR count). The van der Waals surface area contributed by atoms with E-state index in [0.29, 0.717) is 0 Å². The molecule has 2 aromatic rings. The molecule has 2 N–H and O–H groups in total. The standard InChI is InChI=1S/C17H20Cl2N2/c1-2-8-21(11-13-4-3-5-16(20)9-13)12-14-10-15(18)6-7-17(14)19/h3-7,9-10H,2,8,11-12,20H2,1H3. The molecule has 0 bridgehead atoms. The van der Waals surface area contributed by atoms with Crippen LogP contribution in [0.15, 0.2) is 42.5 Å². The average Bonchev–Trinajstić information content (AvgIpc) is 2.43. The van der Waals surface area contributed by atoms with Gasteiger partial charge in [-0.05, 0) is 54.4 Å². The first-order valence-electron chi connectivity index (χ1n) is 7.09. The van der Waals surface area contributed by atoms with E-state index in [2.05, 4.69) is 17.9 Å². The molecule has 0 atom stereocenters. The largest absolute Gasteiger partial charge is 0.399 e. The van der Waals surface area contributed by atoms with E-state index >= 15 is 0 Å². The van der Waals surface area contributed by atoms with Crippen molar-refractivity contribution >= 4 is 28.9 Å². The first-order chi connectivity index (χ1) is 10.1. The van der Waals surface area contributed by atoms with E-state index in [1.807, 2.05) is 36.4 Å². The van der Waals surface area contributed by atoms with Crippen LogP contribution in [0, 0.1) is 0 Å². The minimum atomic E-state index is 0.717. The molecule has 2 aromatic carbocycles. The zero-order valence-corrected chi connectivity index (χ0v) is 13.7. The van der Waals surface area contributed by atoms with Crippen molar-refractivity contribution in [3.8, 4) is 0 Å². The van der Waals surface area contributed by atoms with Gasteiger partial charge in [0, 0.05) is 28.8 Å². The summed E-state index contributed by atoms with van der Waals surface area (Å²) in [5.74, 6) is 0. The molecule has 0 amide bonds. The van der Waals surface area contributed by atoms with Crippen LogP contribution in [-0.4, -0.2) is 11.4 Å². The lowest BCUT2D eigenvalue weighted by Gasteiger charge is -2.22. The predicted molar refractivity (Wildman–Crippen MR) is 91.7 cm³/mol. The maximum absolute atomic E-state index is 6.26. The highest BCUT2D eigenvalue weighted by atomic mass is 35.5. The summed E-state index contributed by atoms with van der Waals surface area (Å²) in [6, 6.07) is 13.6. The zero-order chi connectivity index (χ0) is 15.2. The van der Waals surface area contributed by atoms with Gasteiger partial charge in [-0.25, -0.2) is 0 Å². The summed E-state index contributed by atoms with van der Waals surface area (Å²) >= 11 is 12.3. The van der Waals surface area contributed by atoms with Gasteiger partial charge in [-0.2, -0.15) is 0 Å². The van der Waals surface area contributed by atoms with Crippen molar-refractivity contribution in [1.82, 2.24) is 4.90 Å². The third-order valence-corrected chi connectivity index (χ3v) is 3.90. The highest BCUT2D eigenvalue weighted by molar-refractivity contribution is 6.33. The molecule has 0 saturated heterocycles. The van der Waals surface area contributed by atoms with Crippen LogP contribution in [-0.2, 0) is 13.1 Å². The number of halogens is 2. The summed E-state index contributed by atoms with van der Waals surface area (Å²) in [6.45, 7) is 4.80. The number of hydrogen-bond acceptors (Lipinski definition) is 2.